The van der Waals surface area contributed by atoms with Crippen LogP contribution < -0.4 is 9.47 Å². The quantitative estimate of drug-likeness (QED) is 0.837. The zero-order chi connectivity index (χ0) is 17.8. The maximum Gasteiger partial charge on any atom is 0.160 e. The van der Waals surface area contributed by atoms with Gasteiger partial charge in [0.05, 0.1) is 19.9 Å². The third kappa shape index (κ3) is 4.15. The summed E-state index contributed by atoms with van der Waals surface area (Å²) in [6, 6.07) is 6.25. The van der Waals surface area contributed by atoms with Crippen LogP contribution in [0.4, 0.5) is 0 Å². The van der Waals surface area contributed by atoms with Gasteiger partial charge in [-0.2, -0.15) is 0 Å². The van der Waals surface area contributed by atoms with E-state index in [0.29, 0.717) is 5.92 Å². The fraction of sp³-hybridized carbons (Fsp3) is 0.550. The minimum absolute atomic E-state index is 0.683. The van der Waals surface area contributed by atoms with Gasteiger partial charge in [0.15, 0.2) is 11.5 Å². The summed E-state index contributed by atoms with van der Waals surface area (Å²) >= 11 is 0. The summed E-state index contributed by atoms with van der Waals surface area (Å²) < 4.78 is 10.7. The summed E-state index contributed by atoms with van der Waals surface area (Å²) in [4.78, 5) is 10.6. The third-order valence-corrected chi connectivity index (χ3v) is 5.09. The smallest absolute Gasteiger partial charge is 0.160 e. The Bertz CT molecular complexity index is 711. The van der Waals surface area contributed by atoms with Gasteiger partial charge in [-0.3, -0.25) is 4.90 Å². The maximum absolute atomic E-state index is 5.42. The summed E-state index contributed by atoms with van der Waals surface area (Å²) in [6.45, 7) is 7.48. The van der Waals surface area contributed by atoms with Crippen LogP contribution in [0, 0.1) is 12.8 Å². The van der Waals surface area contributed by atoms with Crippen molar-refractivity contribution < 1.29 is 9.47 Å². The van der Waals surface area contributed by atoms with Crippen molar-refractivity contribution in [2.24, 2.45) is 5.92 Å². The van der Waals surface area contributed by atoms with Crippen molar-refractivity contribution in [3.8, 4) is 11.5 Å². The maximum atomic E-state index is 5.42. The van der Waals surface area contributed by atoms with E-state index in [9.17, 15) is 0 Å². The summed E-state index contributed by atoms with van der Waals surface area (Å²) in [5.74, 6) is 3.38. The Morgan fingerprint density at radius 2 is 2.04 bits per heavy atom. The number of aromatic nitrogens is 2. The molecular weight excluding hydrogens is 314 g/mol. The van der Waals surface area contributed by atoms with Crippen molar-refractivity contribution in [1.29, 1.82) is 0 Å². The molecule has 25 heavy (non-hydrogen) atoms. The second-order valence-electron chi connectivity index (χ2n) is 6.89. The highest BCUT2D eigenvalue weighted by Crippen LogP contribution is 2.30. The number of rotatable bonds is 7. The molecule has 0 aliphatic carbocycles. The lowest BCUT2D eigenvalue weighted by Gasteiger charge is -2.16. The van der Waals surface area contributed by atoms with Gasteiger partial charge >= 0.3 is 0 Å². The number of hydrogen-bond acceptors (Lipinski definition) is 4. The summed E-state index contributed by atoms with van der Waals surface area (Å²) in [7, 11) is 3.36. The van der Waals surface area contributed by atoms with Crippen LogP contribution in [-0.2, 0) is 19.4 Å². The Morgan fingerprint density at radius 3 is 2.72 bits per heavy atom. The highest BCUT2D eigenvalue weighted by molar-refractivity contribution is 5.43. The molecule has 0 bridgehead atoms. The average Bonchev–Trinajstić information content (AvgIpc) is 3.21. The average molecular weight is 343 g/mol. The number of likely N-dealkylation sites (tertiary alicyclic amines) is 1. The molecule has 5 nitrogen and oxygen atoms in total. The second-order valence-corrected chi connectivity index (χ2v) is 6.89. The second kappa shape index (κ2) is 7.91. The first-order chi connectivity index (χ1) is 12.1. The predicted molar refractivity (Wildman–Crippen MR) is 99.3 cm³/mol. The first-order valence-corrected chi connectivity index (χ1v) is 9.10. The van der Waals surface area contributed by atoms with Crippen molar-refractivity contribution in [2.45, 2.75) is 39.7 Å². The van der Waals surface area contributed by atoms with E-state index < -0.39 is 0 Å². The van der Waals surface area contributed by atoms with Crippen LogP contribution in [0.3, 0.4) is 0 Å². The van der Waals surface area contributed by atoms with Crippen LogP contribution in [-0.4, -0.2) is 42.2 Å². The SMILES string of the molecule is CCc1nc(CN2CCC(Cc3ccc(OC)c(OC)c3)C2)c(C)[nH]1. The molecule has 1 aromatic heterocycles. The zero-order valence-corrected chi connectivity index (χ0v) is 15.8. The van der Waals surface area contributed by atoms with E-state index in [0.717, 1.165) is 49.8 Å². The fourth-order valence-corrected chi connectivity index (χ4v) is 3.66. The van der Waals surface area contributed by atoms with Crippen molar-refractivity contribution >= 4 is 0 Å². The van der Waals surface area contributed by atoms with Crippen LogP contribution in [0.15, 0.2) is 18.2 Å². The van der Waals surface area contributed by atoms with Gasteiger partial charge in [-0.15, -0.1) is 0 Å². The molecule has 1 fully saturated rings. The first-order valence-electron chi connectivity index (χ1n) is 9.10. The number of nitrogens with one attached hydrogen (secondary N) is 1. The molecule has 0 spiro atoms. The van der Waals surface area contributed by atoms with Gasteiger partial charge < -0.3 is 14.5 Å². The monoisotopic (exact) mass is 343 g/mol. The van der Waals surface area contributed by atoms with Gasteiger partial charge in [-0.05, 0) is 49.9 Å². The number of benzene rings is 1. The van der Waals surface area contributed by atoms with E-state index in [-0.39, 0.29) is 0 Å². The molecule has 2 heterocycles. The zero-order valence-electron chi connectivity index (χ0n) is 15.8. The fourth-order valence-electron chi connectivity index (χ4n) is 3.66. The molecule has 1 atom stereocenters. The van der Waals surface area contributed by atoms with E-state index >= 15 is 0 Å². The molecule has 3 rings (SSSR count). The van der Waals surface area contributed by atoms with Gasteiger partial charge in [0.1, 0.15) is 5.82 Å². The standard InChI is InChI=1S/C20H29N3O2/c1-5-20-21-14(2)17(22-20)13-23-9-8-16(12-23)10-15-6-7-18(24-3)19(11-15)25-4/h6-7,11,16H,5,8-10,12-13H2,1-4H3,(H,21,22). The summed E-state index contributed by atoms with van der Waals surface area (Å²) in [5, 5.41) is 0. The van der Waals surface area contributed by atoms with Crippen LogP contribution in [0.25, 0.3) is 0 Å². The lowest BCUT2D eigenvalue weighted by Crippen LogP contribution is -2.21. The molecule has 1 N–H and O–H groups in total. The summed E-state index contributed by atoms with van der Waals surface area (Å²) in [6.07, 6.45) is 3.28. The van der Waals surface area contributed by atoms with E-state index in [4.69, 9.17) is 14.5 Å². The normalized spacial score (nSPS) is 17.8. The molecule has 1 aliphatic heterocycles. The Morgan fingerprint density at radius 1 is 1.24 bits per heavy atom. The molecule has 0 amide bonds. The number of ether oxygens (including phenoxy) is 2. The Labute approximate surface area is 150 Å². The van der Waals surface area contributed by atoms with Gasteiger partial charge in [-0.25, -0.2) is 4.98 Å². The molecule has 1 aromatic carbocycles. The molecule has 1 unspecified atom stereocenters. The number of methoxy groups -OCH3 is 2. The Kier molecular flexibility index (Phi) is 5.63. The number of hydrogen-bond donors (Lipinski definition) is 1. The van der Waals surface area contributed by atoms with Crippen molar-refractivity contribution in [1.82, 2.24) is 14.9 Å². The minimum Gasteiger partial charge on any atom is -0.493 e. The highest BCUT2D eigenvalue weighted by Gasteiger charge is 2.24. The Hall–Kier alpha value is -2.01. The lowest BCUT2D eigenvalue weighted by molar-refractivity contribution is 0.312. The first kappa shape index (κ1) is 17.8. The molecule has 0 saturated carbocycles. The van der Waals surface area contributed by atoms with Crippen molar-refractivity contribution in [3.63, 3.8) is 0 Å². The van der Waals surface area contributed by atoms with E-state index in [2.05, 4.69) is 35.9 Å². The van der Waals surface area contributed by atoms with Gasteiger partial charge in [0.25, 0.3) is 0 Å². The van der Waals surface area contributed by atoms with Crippen LogP contribution in [0.1, 0.15) is 36.1 Å². The van der Waals surface area contributed by atoms with E-state index in [1.54, 1.807) is 14.2 Å². The number of aromatic amines is 1. The number of aryl methyl sites for hydroxylation is 2. The van der Waals surface area contributed by atoms with Crippen LogP contribution in [0.2, 0.25) is 0 Å². The van der Waals surface area contributed by atoms with Crippen molar-refractivity contribution in [2.75, 3.05) is 27.3 Å². The van der Waals surface area contributed by atoms with Crippen LogP contribution >= 0.6 is 0 Å². The van der Waals surface area contributed by atoms with E-state index in [1.807, 2.05) is 6.07 Å². The van der Waals surface area contributed by atoms with Crippen molar-refractivity contribution in [3.05, 3.63) is 41.0 Å². The minimum atomic E-state index is 0.683. The van der Waals surface area contributed by atoms with Gasteiger partial charge in [0.2, 0.25) is 0 Å². The molecule has 136 valence electrons. The Balaban J connectivity index is 1.58. The lowest BCUT2D eigenvalue weighted by atomic mass is 9.98. The molecule has 0 radical (unpaired) electrons. The molecule has 1 saturated heterocycles. The highest BCUT2D eigenvalue weighted by atomic mass is 16.5. The topological polar surface area (TPSA) is 50.4 Å². The number of imidazole rings is 1. The summed E-state index contributed by atoms with van der Waals surface area (Å²) in [5.41, 5.74) is 3.72. The predicted octanol–water partition coefficient (Wildman–Crippen LogP) is 3.36. The largest absolute Gasteiger partial charge is 0.493 e. The third-order valence-electron chi connectivity index (χ3n) is 5.09. The van der Waals surface area contributed by atoms with Gasteiger partial charge in [-0.1, -0.05) is 13.0 Å². The molecule has 5 heteroatoms. The van der Waals surface area contributed by atoms with E-state index in [1.165, 1.54) is 23.4 Å². The molecule has 1 aliphatic rings. The number of nitrogens with zero attached hydrogens (tertiary/aromatic N) is 2. The molecule has 2 aromatic rings. The molecular formula is C20H29N3O2. The van der Waals surface area contributed by atoms with Crippen LogP contribution in [0.5, 0.6) is 11.5 Å². The van der Waals surface area contributed by atoms with Gasteiger partial charge in [0, 0.05) is 25.2 Å². The number of H-pyrrole nitrogens is 1.